The fraction of sp³-hybridized carbons (Fsp3) is 0.381. The Balaban J connectivity index is 1.57. The predicted octanol–water partition coefficient (Wildman–Crippen LogP) is 3.55. The quantitative estimate of drug-likeness (QED) is 0.606. The lowest BCUT2D eigenvalue weighted by Crippen LogP contribution is -2.36. The van der Waals surface area contributed by atoms with Crippen molar-refractivity contribution in [3.63, 3.8) is 0 Å². The van der Waals surface area contributed by atoms with Gasteiger partial charge in [-0.1, -0.05) is 56.3 Å². The standard InChI is InChI=1S/C21H25BrN6O2/c1-21(2,3)12-28-16-10-9-15(17(22)18(16)23-25-28)14-7-5-13(6-8-14)11-27-20(30)26(4)19(29)24-27/h5-10,19,24,29H,11-12H2,1-4H3. The molecule has 2 heterocycles. The van der Waals surface area contributed by atoms with E-state index in [0.717, 1.165) is 38.7 Å². The van der Waals surface area contributed by atoms with Crippen LogP contribution in [-0.4, -0.2) is 49.4 Å². The topological polar surface area (TPSA) is 86.5 Å². The number of urea groups is 1. The molecule has 0 bridgehead atoms. The molecular formula is C21H25BrN6O2. The van der Waals surface area contributed by atoms with Crippen molar-refractivity contribution >= 4 is 33.0 Å². The molecule has 9 heteroatoms. The molecule has 0 aliphatic carbocycles. The van der Waals surface area contributed by atoms with Gasteiger partial charge in [-0.15, -0.1) is 5.10 Å². The smallest absolute Gasteiger partial charge is 0.337 e. The van der Waals surface area contributed by atoms with E-state index in [9.17, 15) is 9.90 Å². The Hall–Kier alpha value is -2.49. The Morgan fingerprint density at radius 3 is 2.47 bits per heavy atom. The highest BCUT2D eigenvalue weighted by Crippen LogP contribution is 2.34. The number of hydrogen-bond donors (Lipinski definition) is 2. The summed E-state index contributed by atoms with van der Waals surface area (Å²) in [7, 11) is 1.55. The summed E-state index contributed by atoms with van der Waals surface area (Å²) in [6.07, 6.45) is -0.994. The number of halogens is 1. The molecular weight excluding hydrogens is 448 g/mol. The normalized spacial score (nSPS) is 17.4. The number of carbonyl (C=O) groups excluding carboxylic acids is 1. The van der Waals surface area contributed by atoms with Gasteiger partial charge in [0.2, 0.25) is 6.35 Å². The highest BCUT2D eigenvalue weighted by molar-refractivity contribution is 9.10. The molecule has 2 N–H and O–H groups in total. The molecule has 1 aromatic heterocycles. The number of benzene rings is 2. The zero-order chi connectivity index (χ0) is 21.6. The predicted molar refractivity (Wildman–Crippen MR) is 118 cm³/mol. The largest absolute Gasteiger partial charge is 0.360 e. The summed E-state index contributed by atoms with van der Waals surface area (Å²) < 4.78 is 2.85. The van der Waals surface area contributed by atoms with E-state index in [1.54, 1.807) is 7.05 Å². The molecule has 4 rings (SSSR count). The number of hydrogen-bond acceptors (Lipinski definition) is 5. The average molecular weight is 473 g/mol. The first-order valence-electron chi connectivity index (χ1n) is 9.74. The van der Waals surface area contributed by atoms with Crippen LogP contribution < -0.4 is 5.43 Å². The number of carbonyl (C=O) groups is 1. The maximum atomic E-state index is 12.1. The van der Waals surface area contributed by atoms with Crippen LogP contribution in [0.15, 0.2) is 40.9 Å². The van der Waals surface area contributed by atoms with Crippen molar-refractivity contribution in [1.82, 2.24) is 30.3 Å². The van der Waals surface area contributed by atoms with Gasteiger partial charge in [0.25, 0.3) is 0 Å². The van der Waals surface area contributed by atoms with Gasteiger partial charge in [0.1, 0.15) is 5.52 Å². The Bertz CT molecular complexity index is 1090. The van der Waals surface area contributed by atoms with E-state index in [-0.39, 0.29) is 11.4 Å². The second kappa shape index (κ2) is 7.64. The number of hydrazine groups is 1. The van der Waals surface area contributed by atoms with Crippen molar-refractivity contribution in [1.29, 1.82) is 0 Å². The second-order valence-electron chi connectivity index (χ2n) is 8.78. The molecule has 1 fully saturated rings. The third-order valence-corrected chi connectivity index (χ3v) is 5.83. The lowest BCUT2D eigenvalue weighted by molar-refractivity contribution is 0.0354. The van der Waals surface area contributed by atoms with Crippen LogP contribution in [0.25, 0.3) is 22.2 Å². The third-order valence-electron chi connectivity index (χ3n) is 5.03. The van der Waals surface area contributed by atoms with Crippen molar-refractivity contribution < 1.29 is 9.90 Å². The van der Waals surface area contributed by atoms with Crippen LogP contribution in [0, 0.1) is 5.41 Å². The number of fused-ring (bicyclic) bond motifs is 1. The van der Waals surface area contributed by atoms with Crippen molar-refractivity contribution in [3.8, 4) is 11.1 Å². The van der Waals surface area contributed by atoms with E-state index in [1.165, 1.54) is 9.91 Å². The minimum Gasteiger partial charge on any atom is -0.360 e. The van der Waals surface area contributed by atoms with Crippen LogP contribution in [0.5, 0.6) is 0 Å². The number of aliphatic hydroxyl groups is 1. The third kappa shape index (κ3) is 3.92. The molecule has 1 atom stereocenters. The van der Waals surface area contributed by atoms with Crippen molar-refractivity contribution in [3.05, 3.63) is 46.4 Å². The van der Waals surface area contributed by atoms with Gasteiger partial charge in [-0.2, -0.15) is 5.43 Å². The highest BCUT2D eigenvalue weighted by atomic mass is 79.9. The number of rotatable bonds is 4. The minimum absolute atomic E-state index is 0.109. The SMILES string of the molecule is CN1C(=O)N(Cc2ccc(-c3ccc4c(nnn4CC(C)(C)C)c3Br)cc2)NC1O. The maximum Gasteiger partial charge on any atom is 0.337 e. The van der Waals surface area contributed by atoms with Gasteiger partial charge in [-0.05, 0) is 44.1 Å². The molecule has 30 heavy (non-hydrogen) atoms. The molecule has 0 saturated carbocycles. The summed E-state index contributed by atoms with van der Waals surface area (Å²) in [6, 6.07) is 11.8. The molecule has 1 unspecified atom stereocenters. The maximum absolute atomic E-state index is 12.1. The lowest BCUT2D eigenvalue weighted by atomic mass is 9.97. The Kier molecular flexibility index (Phi) is 5.29. The van der Waals surface area contributed by atoms with Gasteiger partial charge < -0.3 is 5.11 Å². The molecule has 2 amide bonds. The van der Waals surface area contributed by atoms with Crippen LogP contribution in [0.1, 0.15) is 26.3 Å². The van der Waals surface area contributed by atoms with Gasteiger partial charge in [0.05, 0.1) is 16.5 Å². The van der Waals surface area contributed by atoms with Crippen LogP contribution in [0.4, 0.5) is 4.79 Å². The van der Waals surface area contributed by atoms with Gasteiger partial charge in [0.15, 0.2) is 0 Å². The summed E-state index contributed by atoms with van der Waals surface area (Å²) in [6.45, 7) is 7.68. The Morgan fingerprint density at radius 1 is 1.17 bits per heavy atom. The molecule has 8 nitrogen and oxygen atoms in total. The first-order valence-corrected chi connectivity index (χ1v) is 10.5. The number of nitrogens with zero attached hydrogens (tertiary/aromatic N) is 5. The lowest BCUT2D eigenvalue weighted by Gasteiger charge is -2.18. The first kappa shape index (κ1) is 20.8. The fourth-order valence-corrected chi connectivity index (χ4v) is 4.10. The summed E-state index contributed by atoms with van der Waals surface area (Å²) >= 11 is 3.71. The Morgan fingerprint density at radius 2 is 1.87 bits per heavy atom. The molecule has 0 spiro atoms. The van der Waals surface area contributed by atoms with Crippen molar-refractivity contribution in [2.24, 2.45) is 5.41 Å². The monoisotopic (exact) mass is 472 g/mol. The van der Waals surface area contributed by atoms with E-state index < -0.39 is 6.35 Å². The summed E-state index contributed by atoms with van der Waals surface area (Å²) in [5.74, 6) is 0. The molecule has 1 aliphatic rings. The summed E-state index contributed by atoms with van der Waals surface area (Å²) in [4.78, 5) is 13.3. The van der Waals surface area contributed by atoms with E-state index >= 15 is 0 Å². The highest BCUT2D eigenvalue weighted by Gasteiger charge is 2.32. The zero-order valence-electron chi connectivity index (χ0n) is 17.4. The average Bonchev–Trinajstić information content (AvgIpc) is 3.19. The van der Waals surface area contributed by atoms with Gasteiger partial charge in [-0.25, -0.2) is 9.48 Å². The summed E-state index contributed by atoms with van der Waals surface area (Å²) in [5.41, 5.74) is 7.70. The molecule has 1 saturated heterocycles. The Labute approximate surface area is 183 Å². The number of amides is 2. The van der Waals surface area contributed by atoms with Gasteiger partial charge in [-0.3, -0.25) is 9.91 Å². The van der Waals surface area contributed by atoms with Gasteiger partial charge >= 0.3 is 6.03 Å². The molecule has 1 aliphatic heterocycles. The van der Waals surface area contributed by atoms with Crippen molar-refractivity contribution in [2.45, 2.75) is 40.2 Å². The first-order chi connectivity index (χ1) is 14.1. The minimum atomic E-state index is -0.994. The number of aromatic nitrogens is 3. The zero-order valence-corrected chi connectivity index (χ0v) is 19.0. The fourth-order valence-electron chi connectivity index (χ4n) is 3.46. The van der Waals surface area contributed by atoms with E-state index in [1.807, 2.05) is 28.9 Å². The van der Waals surface area contributed by atoms with Crippen LogP contribution >= 0.6 is 15.9 Å². The van der Waals surface area contributed by atoms with Crippen molar-refractivity contribution in [2.75, 3.05) is 7.05 Å². The van der Waals surface area contributed by atoms with Gasteiger partial charge in [0, 0.05) is 13.6 Å². The molecule has 2 aromatic carbocycles. The molecule has 3 aromatic rings. The second-order valence-corrected chi connectivity index (χ2v) is 9.57. The van der Waals surface area contributed by atoms with E-state index in [2.05, 4.69) is 64.6 Å². The molecule has 0 radical (unpaired) electrons. The van der Waals surface area contributed by atoms with Crippen LogP contribution in [0.3, 0.4) is 0 Å². The number of aliphatic hydroxyl groups excluding tert-OH is 1. The molecule has 158 valence electrons. The summed E-state index contributed by atoms with van der Waals surface area (Å²) in [5, 5.41) is 19.8. The van der Waals surface area contributed by atoms with E-state index in [0.29, 0.717) is 6.54 Å². The number of nitrogens with one attached hydrogen (secondary N) is 1. The van der Waals surface area contributed by atoms with E-state index in [4.69, 9.17) is 0 Å². The van der Waals surface area contributed by atoms with Crippen LogP contribution in [-0.2, 0) is 13.1 Å². The van der Waals surface area contributed by atoms with Crippen LogP contribution in [0.2, 0.25) is 0 Å².